The molecule has 0 N–H and O–H groups in total. The van der Waals surface area contributed by atoms with E-state index in [1.807, 2.05) is 0 Å². The fraction of sp³-hybridized carbons (Fsp3) is 0.803. The van der Waals surface area contributed by atoms with Crippen LogP contribution in [0.5, 0.6) is 0 Å². The molecule has 0 spiro atoms. The van der Waals surface area contributed by atoms with Crippen molar-refractivity contribution in [1.29, 1.82) is 0 Å². The normalized spacial score (nSPS) is 12.4. The van der Waals surface area contributed by atoms with Crippen LogP contribution in [0.15, 0.2) is 60.8 Å². The fourth-order valence-electron chi connectivity index (χ4n) is 8.97. The molecular weight excluding hydrogens is 889 g/mol. The van der Waals surface area contributed by atoms with Gasteiger partial charge in [0.15, 0.2) is 6.10 Å². The van der Waals surface area contributed by atoms with Crippen LogP contribution in [0.3, 0.4) is 0 Å². The minimum Gasteiger partial charge on any atom is -0.462 e. The van der Waals surface area contributed by atoms with Crippen LogP contribution >= 0.6 is 0 Å². The highest BCUT2D eigenvalue weighted by molar-refractivity contribution is 5.71. The van der Waals surface area contributed by atoms with Gasteiger partial charge in [-0.05, 0) is 109 Å². The summed E-state index contributed by atoms with van der Waals surface area (Å²) in [6.07, 6.45) is 76.4. The molecule has 0 radical (unpaired) electrons. The van der Waals surface area contributed by atoms with Gasteiger partial charge < -0.3 is 14.2 Å². The Labute approximate surface area is 447 Å². The fourth-order valence-corrected chi connectivity index (χ4v) is 8.97. The third kappa shape index (κ3) is 58.0. The van der Waals surface area contributed by atoms with Gasteiger partial charge in [0.05, 0.1) is 0 Å². The van der Waals surface area contributed by atoms with Gasteiger partial charge in [0.1, 0.15) is 13.2 Å². The average molecular weight is 1010 g/mol. The first-order valence-electron chi connectivity index (χ1n) is 31.3. The maximum atomic E-state index is 12.9. The summed E-state index contributed by atoms with van der Waals surface area (Å²) in [6, 6.07) is 0. The molecule has 0 fully saturated rings. The zero-order valence-electron chi connectivity index (χ0n) is 47.9. The number of rotatable bonds is 57. The number of carbonyl (C=O) groups is 3. The molecule has 6 nitrogen and oxygen atoms in total. The number of ether oxygens (including phenoxy) is 3. The molecule has 418 valence electrons. The van der Waals surface area contributed by atoms with Gasteiger partial charge in [-0.1, -0.05) is 255 Å². The van der Waals surface area contributed by atoms with Crippen LogP contribution in [0.1, 0.15) is 323 Å². The lowest BCUT2D eigenvalue weighted by atomic mass is 10.1. The second-order valence-corrected chi connectivity index (χ2v) is 21.0. The smallest absolute Gasteiger partial charge is 0.306 e. The minimum atomic E-state index is -0.784. The summed E-state index contributed by atoms with van der Waals surface area (Å²) in [4.78, 5) is 38.3. The van der Waals surface area contributed by atoms with Crippen molar-refractivity contribution in [3.8, 4) is 0 Å². The maximum absolute atomic E-state index is 12.9. The zero-order valence-corrected chi connectivity index (χ0v) is 47.9. The largest absolute Gasteiger partial charge is 0.462 e. The van der Waals surface area contributed by atoms with Crippen LogP contribution < -0.4 is 0 Å². The molecule has 0 aliphatic carbocycles. The van der Waals surface area contributed by atoms with E-state index in [1.54, 1.807) is 0 Å². The highest BCUT2D eigenvalue weighted by Crippen LogP contribution is 2.16. The summed E-state index contributed by atoms with van der Waals surface area (Å²) < 4.78 is 16.9. The van der Waals surface area contributed by atoms with Crippen molar-refractivity contribution in [3.05, 3.63) is 60.8 Å². The Morgan fingerprint density at radius 2 is 0.500 bits per heavy atom. The van der Waals surface area contributed by atoms with E-state index in [0.717, 1.165) is 83.5 Å². The zero-order chi connectivity index (χ0) is 52.2. The number of hydrogen-bond acceptors (Lipinski definition) is 6. The SMILES string of the molecule is CCCCCC/C=C\C/C=C\CCCCCCCCCC(=O)OC(COC(=O)CCCCCCC/C=C\CCCCCCCC)COC(=O)CCCCCCCCCCC/C=C\C/C=C\CCCCCCC. The topological polar surface area (TPSA) is 78.9 Å². The molecule has 0 heterocycles. The van der Waals surface area contributed by atoms with E-state index >= 15 is 0 Å². The van der Waals surface area contributed by atoms with E-state index in [9.17, 15) is 14.4 Å². The van der Waals surface area contributed by atoms with Crippen molar-refractivity contribution in [2.45, 2.75) is 329 Å². The van der Waals surface area contributed by atoms with Crippen molar-refractivity contribution in [1.82, 2.24) is 0 Å². The van der Waals surface area contributed by atoms with Gasteiger partial charge in [0, 0.05) is 19.3 Å². The summed E-state index contributed by atoms with van der Waals surface area (Å²) in [5.41, 5.74) is 0. The number of carbonyl (C=O) groups excluding carboxylic acids is 3. The van der Waals surface area contributed by atoms with Gasteiger partial charge in [-0.2, -0.15) is 0 Å². The number of hydrogen-bond donors (Lipinski definition) is 0. The Hall–Kier alpha value is -2.89. The Balaban J connectivity index is 4.37. The Morgan fingerprint density at radius 1 is 0.278 bits per heavy atom. The highest BCUT2D eigenvalue weighted by Gasteiger charge is 2.19. The lowest BCUT2D eigenvalue weighted by molar-refractivity contribution is -0.167. The molecule has 0 rings (SSSR count). The third-order valence-corrected chi connectivity index (χ3v) is 13.7. The monoisotopic (exact) mass is 1010 g/mol. The van der Waals surface area contributed by atoms with Crippen LogP contribution in [0.4, 0.5) is 0 Å². The van der Waals surface area contributed by atoms with Gasteiger partial charge >= 0.3 is 17.9 Å². The Kier molecular flexibility index (Phi) is 58.2. The van der Waals surface area contributed by atoms with Crippen LogP contribution in [0.2, 0.25) is 0 Å². The molecule has 0 aromatic rings. The van der Waals surface area contributed by atoms with Gasteiger partial charge in [0.25, 0.3) is 0 Å². The summed E-state index contributed by atoms with van der Waals surface area (Å²) in [5, 5.41) is 0. The molecule has 0 saturated heterocycles. The van der Waals surface area contributed by atoms with E-state index in [1.165, 1.54) is 199 Å². The predicted octanol–water partition coefficient (Wildman–Crippen LogP) is 21.2. The second-order valence-electron chi connectivity index (χ2n) is 21.0. The molecular formula is C66H118O6. The van der Waals surface area contributed by atoms with Crippen molar-refractivity contribution in [3.63, 3.8) is 0 Å². The lowest BCUT2D eigenvalue weighted by Crippen LogP contribution is -2.30. The molecule has 0 saturated carbocycles. The van der Waals surface area contributed by atoms with Gasteiger partial charge in [-0.15, -0.1) is 0 Å². The molecule has 0 aromatic heterocycles. The molecule has 1 atom stereocenters. The van der Waals surface area contributed by atoms with E-state index in [-0.39, 0.29) is 31.1 Å². The van der Waals surface area contributed by atoms with Crippen molar-refractivity contribution in [2.24, 2.45) is 0 Å². The average Bonchev–Trinajstić information content (AvgIpc) is 3.38. The van der Waals surface area contributed by atoms with Crippen LogP contribution in [0, 0.1) is 0 Å². The summed E-state index contributed by atoms with van der Waals surface area (Å²) in [7, 11) is 0. The van der Waals surface area contributed by atoms with Gasteiger partial charge in [-0.25, -0.2) is 0 Å². The van der Waals surface area contributed by atoms with Crippen molar-refractivity contribution < 1.29 is 28.6 Å². The third-order valence-electron chi connectivity index (χ3n) is 13.7. The molecule has 0 amide bonds. The van der Waals surface area contributed by atoms with Crippen molar-refractivity contribution in [2.75, 3.05) is 13.2 Å². The molecule has 72 heavy (non-hydrogen) atoms. The van der Waals surface area contributed by atoms with Crippen LogP contribution in [-0.2, 0) is 28.6 Å². The van der Waals surface area contributed by atoms with E-state index in [4.69, 9.17) is 14.2 Å². The summed E-state index contributed by atoms with van der Waals surface area (Å²) in [5.74, 6) is -0.886. The van der Waals surface area contributed by atoms with E-state index in [2.05, 4.69) is 81.5 Å². The van der Waals surface area contributed by atoms with E-state index in [0.29, 0.717) is 19.3 Å². The quantitative estimate of drug-likeness (QED) is 0.0261. The minimum absolute atomic E-state index is 0.0810. The first-order chi connectivity index (χ1) is 35.5. The highest BCUT2D eigenvalue weighted by atomic mass is 16.6. The maximum Gasteiger partial charge on any atom is 0.306 e. The molecule has 0 bridgehead atoms. The molecule has 6 heteroatoms. The van der Waals surface area contributed by atoms with Crippen LogP contribution in [-0.4, -0.2) is 37.2 Å². The molecule has 1 unspecified atom stereocenters. The molecule has 0 aromatic carbocycles. The van der Waals surface area contributed by atoms with E-state index < -0.39 is 6.10 Å². The number of esters is 3. The molecule has 0 aliphatic rings. The second kappa shape index (κ2) is 60.7. The van der Waals surface area contributed by atoms with Crippen LogP contribution in [0.25, 0.3) is 0 Å². The lowest BCUT2D eigenvalue weighted by Gasteiger charge is -2.18. The summed E-state index contributed by atoms with van der Waals surface area (Å²) in [6.45, 7) is 6.63. The van der Waals surface area contributed by atoms with Gasteiger partial charge in [-0.3, -0.25) is 14.4 Å². The standard InChI is InChI=1S/C66H118O6/c1-4-7-10-13-16-19-22-25-28-30-32-33-34-36-38-41-44-47-50-53-56-59-65(68)71-62-63(61-70-64(67)58-55-52-49-46-43-40-37-27-24-21-18-15-12-9-6-3)72-66(69)60-57-54-51-48-45-42-39-35-31-29-26-23-20-17-14-11-8-5-2/h20,22-23,25,27,29-32,37,63H,4-19,21,24,26,28,33-36,38-62H2,1-3H3/b23-20-,25-22-,31-29-,32-30-,37-27-. The Morgan fingerprint density at radius 3 is 0.792 bits per heavy atom. The first-order valence-corrected chi connectivity index (χ1v) is 31.3. The first kappa shape index (κ1) is 69.1. The predicted molar refractivity (Wildman–Crippen MR) is 312 cm³/mol. The Bertz CT molecular complexity index is 1290. The molecule has 0 aliphatic heterocycles. The summed E-state index contributed by atoms with van der Waals surface area (Å²) >= 11 is 0. The van der Waals surface area contributed by atoms with Gasteiger partial charge in [0.2, 0.25) is 0 Å². The van der Waals surface area contributed by atoms with Crippen molar-refractivity contribution >= 4 is 17.9 Å². The number of unbranched alkanes of at least 4 members (excludes halogenated alkanes) is 36. The number of allylic oxidation sites excluding steroid dienone is 10.